The minimum atomic E-state index is 0.451. The van der Waals surface area contributed by atoms with E-state index in [-0.39, 0.29) is 0 Å². The van der Waals surface area contributed by atoms with Crippen LogP contribution in [0.3, 0.4) is 0 Å². The molecule has 2 aromatic heterocycles. The van der Waals surface area contributed by atoms with Gasteiger partial charge in [0.15, 0.2) is 0 Å². The third kappa shape index (κ3) is 3.20. The first-order chi connectivity index (χ1) is 11.8. The van der Waals surface area contributed by atoms with Gasteiger partial charge in [0.05, 0.1) is 22.8 Å². The summed E-state index contributed by atoms with van der Waals surface area (Å²) in [6.45, 7) is 2.69. The summed E-state index contributed by atoms with van der Waals surface area (Å²) >= 11 is 6.21. The Morgan fingerprint density at radius 1 is 1.29 bits per heavy atom. The molecule has 6 nitrogen and oxygen atoms in total. The molecule has 0 amide bonds. The Kier molecular flexibility index (Phi) is 4.32. The van der Waals surface area contributed by atoms with Crippen LogP contribution in [0.2, 0.25) is 5.02 Å². The zero-order chi connectivity index (χ0) is 16.4. The summed E-state index contributed by atoms with van der Waals surface area (Å²) in [6, 6.07) is 8.04. The maximum Gasteiger partial charge on any atom is 0.227 e. The smallest absolute Gasteiger partial charge is 0.227 e. The Morgan fingerprint density at radius 2 is 2.21 bits per heavy atom. The summed E-state index contributed by atoms with van der Waals surface area (Å²) in [5, 5.41) is 4.85. The highest BCUT2D eigenvalue weighted by Crippen LogP contribution is 2.28. The molecule has 1 aliphatic heterocycles. The zero-order valence-corrected chi connectivity index (χ0v) is 13.9. The summed E-state index contributed by atoms with van der Waals surface area (Å²) < 4.78 is 7.52. The first-order valence-electron chi connectivity index (χ1n) is 8.05. The molecule has 124 valence electrons. The van der Waals surface area contributed by atoms with Crippen molar-refractivity contribution in [1.82, 2.24) is 24.6 Å². The molecule has 3 aromatic rings. The molecule has 1 aliphatic rings. The minimum Gasteiger partial charge on any atom is -0.444 e. The molecule has 1 atom stereocenters. The maximum atomic E-state index is 6.21. The highest BCUT2D eigenvalue weighted by Gasteiger charge is 2.26. The van der Waals surface area contributed by atoms with Crippen LogP contribution in [0.15, 0.2) is 47.6 Å². The molecule has 24 heavy (non-hydrogen) atoms. The number of rotatable bonds is 5. The second-order valence-corrected chi connectivity index (χ2v) is 6.42. The number of nitrogens with zero attached hydrogens (tertiary/aromatic N) is 5. The first kappa shape index (κ1) is 15.4. The fraction of sp³-hybridized carbons (Fsp3) is 0.353. The standard InChI is InChI=1S/C17H18ClN5O/c18-16-6-2-1-5-15(16)17-21-13(10-24-17)8-22-7-3-4-14(22)9-23-12-19-11-20-23/h1-2,5-6,10-12,14H,3-4,7-9H2/t14-/m1/s1. The van der Waals surface area contributed by atoms with Gasteiger partial charge >= 0.3 is 0 Å². The molecule has 0 bridgehead atoms. The number of aromatic nitrogens is 4. The van der Waals surface area contributed by atoms with E-state index in [4.69, 9.17) is 16.0 Å². The van der Waals surface area contributed by atoms with Gasteiger partial charge in [-0.2, -0.15) is 5.10 Å². The Labute approximate surface area is 145 Å². The number of benzene rings is 1. The van der Waals surface area contributed by atoms with Gasteiger partial charge < -0.3 is 4.42 Å². The van der Waals surface area contributed by atoms with Crippen molar-refractivity contribution >= 4 is 11.6 Å². The summed E-state index contributed by atoms with van der Waals surface area (Å²) in [4.78, 5) is 11.0. The van der Waals surface area contributed by atoms with E-state index in [0.717, 1.165) is 37.3 Å². The predicted molar refractivity (Wildman–Crippen MR) is 90.4 cm³/mol. The maximum absolute atomic E-state index is 6.21. The molecule has 0 saturated carbocycles. The first-order valence-corrected chi connectivity index (χ1v) is 8.43. The van der Waals surface area contributed by atoms with Crippen LogP contribution in [0, 0.1) is 0 Å². The summed E-state index contributed by atoms with van der Waals surface area (Å²) in [7, 11) is 0. The van der Waals surface area contributed by atoms with Crippen molar-refractivity contribution in [3.8, 4) is 11.5 Å². The highest BCUT2D eigenvalue weighted by atomic mass is 35.5. The van der Waals surface area contributed by atoms with Gasteiger partial charge in [-0.1, -0.05) is 23.7 Å². The number of hydrogen-bond donors (Lipinski definition) is 0. The lowest BCUT2D eigenvalue weighted by molar-refractivity contribution is 0.216. The summed E-state index contributed by atoms with van der Waals surface area (Å²) in [6.07, 6.45) is 7.42. The topological polar surface area (TPSA) is 60.0 Å². The molecule has 0 radical (unpaired) electrons. The van der Waals surface area contributed by atoms with Gasteiger partial charge in [0.2, 0.25) is 5.89 Å². The van der Waals surface area contributed by atoms with Crippen LogP contribution in [0.1, 0.15) is 18.5 Å². The second-order valence-electron chi connectivity index (χ2n) is 6.01. The van der Waals surface area contributed by atoms with E-state index < -0.39 is 0 Å². The molecule has 1 aromatic carbocycles. The summed E-state index contributed by atoms with van der Waals surface area (Å²) in [5.41, 5.74) is 1.75. The van der Waals surface area contributed by atoms with Crippen LogP contribution < -0.4 is 0 Å². The monoisotopic (exact) mass is 343 g/mol. The minimum absolute atomic E-state index is 0.451. The molecular formula is C17H18ClN5O. The lowest BCUT2D eigenvalue weighted by atomic mass is 10.2. The van der Waals surface area contributed by atoms with Crippen molar-refractivity contribution in [3.05, 3.63) is 53.9 Å². The van der Waals surface area contributed by atoms with Crippen LogP contribution in [0.25, 0.3) is 11.5 Å². The van der Waals surface area contributed by atoms with Crippen molar-refractivity contribution in [1.29, 1.82) is 0 Å². The Balaban J connectivity index is 1.46. The van der Waals surface area contributed by atoms with Crippen LogP contribution in [0.4, 0.5) is 0 Å². The van der Waals surface area contributed by atoms with Gasteiger partial charge in [-0.05, 0) is 31.5 Å². The van der Waals surface area contributed by atoms with E-state index in [1.165, 1.54) is 6.42 Å². The van der Waals surface area contributed by atoms with Crippen molar-refractivity contribution in [2.75, 3.05) is 6.54 Å². The number of likely N-dealkylation sites (tertiary alicyclic amines) is 1. The van der Waals surface area contributed by atoms with Crippen molar-refractivity contribution in [3.63, 3.8) is 0 Å². The molecule has 1 saturated heterocycles. The van der Waals surface area contributed by atoms with E-state index in [0.29, 0.717) is 17.0 Å². The number of hydrogen-bond acceptors (Lipinski definition) is 5. The Morgan fingerprint density at radius 3 is 3.04 bits per heavy atom. The van der Waals surface area contributed by atoms with E-state index in [1.807, 2.05) is 28.9 Å². The molecule has 0 N–H and O–H groups in total. The van der Waals surface area contributed by atoms with Crippen LogP contribution in [-0.4, -0.2) is 37.2 Å². The molecular weight excluding hydrogens is 326 g/mol. The largest absolute Gasteiger partial charge is 0.444 e. The van der Waals surface area contributed by atoms with Gasteiger partial charge in [-0.15, -0.1) is 0 Å². The average Bonchev–Trinajstić information content (AvgIpc) is 3.32. The third-order valence-corrected chi connectivity index (χ3v) is 4.71. The average molecular weight is 344 g/mol. The molecule has 1 fully saturated rings. The highest BCUT2D eigenvalue weighted by molar-refractivity contribution is 6.33. The lowest BCUT2D eigenvalue weighted by Crippen LogP contribution is -2.32. The quantitative estimate of drug-likeness (QED) is 0.711. The molecule has 0 aliphatic carbocycles. The molecule has 7 heteroatoms. The lowest BCUT2D eigenvalue weighted by Gasteiger charge is -2.23. The van der Waals surface area contributed by atoms with Crippen LogP contribution in [0.5, 0.6) is 0 Å². The number of halogens is 1. The fourth-order valence-electron chi connectivity index (χ4n) is 3.20. The van der Waals surface area contributed by atoms with E-state index in [2.05, 4.69) is 20.0 Å². The van der Waals surface area contributed by atoms with Crippen LogP contribution in [-0.2, 0) is 13.1 Å². The van der Waals surface area contributed by atoms with Gasteiger partial charge in [-0.25, -0.2) is 9.97 Å². The summed E-state index contributed by atoms with van der Waals surface area (Å²) in [5.74, 6) is 0.572. The predicted octanol–water partition coefficient (Wildman–Crippen LogP) is 3.25. The van der Waals surface area contributed by atoms with Gasteiger partial charge in [-0.3, -0.25) is 9.58 Å². The molecule has 4 rings (SSSR count). The molecule has 0 unspecified atom stereocenters. The van der Waals surface area contributed by atoms with Crippen LogP contribution >= 0.6 is 11.6 Å². The number of oxazole rings is 1. The van der Waals surface area contributed by atoms with Crippen molar-refractivity contribution in [2.24, 2.45) is 0 Å². The zero-order valence-electron chi connectivity index (χ0n) is 13.2. The SMILES string of the molecule is Clc1ccccc1-c1nc(CN2CCC[C@@H]2Cn2cncn2)co1. The Hall–Kier alpha value is -2.18. The van der Waals surface area contributed by atoms with E-state index >= 15 is 0 Å². The van der Waals surface area contributed by atoms with Crippen molar-refractivity contribution < 1.29 is 4.42 Å². The molecule has 0 spiro atoms. The normalized spacial score (nSPS) is 18.3. The Bertz CT molecular complexity index is 801. The second kappa shape index (κ2) is 6.75. The fourth-order valence-corrected chi connectivity index (χ4v) is 3.42. The van der Waals surface area contributed by atoms with Gasteiger partial charge in [0.25, 0.3) is 0 Å². The van der Waals surface area contributed by atoms with E-state index in [1.54, 1.807) is 18.9 Å². The van der Waals surface area contributed by atoms with Crippen molar-refractivity contribution in [2.45, 2.75) is 32.0 Å². The van der Waals surface area contributed by atoms with Gasteiger partial charge in [0.1, 0.15) is 18.9 Å². The molecule has 3 heterocycles. The third-order valence-electron chi connectivity index (χ3n) is 4.38. The van der Waals surface area contributed by atoms with Gasteiger partial charge in [0, 0.05) is 12.6 Å². The van der Waals surface area contributed by atoms with E-state index in [9.17, 15) is 0 Å².